The molecule has 0 unspecified atom stereocenters. The van der Waals surface area contributed by atoms with E-state index in [4.69, 9.17) is 9.97 Å². The molecular weight excluding hydrogens is 398 g/mol. The Morgan fingerprint density at radius 3 is 2.69 bits per heavy atom. The highest BCUT2D eigenvalue weighted by Crippen LogP contribution is 2.31. The fourth-order valence-corrected chi connectivity index (χ4v) is 4.86. The van der Waals surface area contributed by atoms with Crippen molar-refractivity contribution in [3.8, 4) is 11.3 Å². The largest absolute Gasteiger partial charge is 0.300 e. The van der Waals surface area contributed by atoms with Crippen LogP contribution in [0, 0.1) is 6.92 Å². The second-order valence-electron chi connectivity index (χ2n) is 8.91. The Labute approximate surface area is 189 Å². The third-order valence-corrected chi connectivity index (χ3v) is 6.68. The lowest BCUT2D eigenvalue weighted by Gasteiger charge is -2.33. The number of anilines is 1. The lowest BCUT2D eigenvalue weighted by Crippen LogP contribution is -2.36. The summed E-state index contributed by atoms with van der Waals surface area (Å²) in [5, 5.41) is 0. The van der Waals surface area contributed by atoms with E-state index in [1.54, 1.807) is 4.90 Å². The highest BCUT2D eigenvalue weighted by molar-refractivity contribution is 5.94. The highest BCUT2D eigenvalue weighted by Gasteiger charge is 2.29. The first-order valence-electron chi connectivity index (χ1n) is 11.4. The number of likely N-dealkylation sites (tertiary alicyclic amines) is 1. The van der Waals surface area contributed by atoms with Crippen LogP contribution >= 0.6 is 0 Å². The lowest BCUT2D eigenvalue weighted by atomic mass is 9.95. The van der Waals surface area contributed by atoms with Crippen LogP contribution in [-0.2, 0) is 17.8 Å². The van der Waals surface area contributed by atoms with Gasteiger partial charge in [0.05, 0.1) is 5.69 Å². The molecule has 0 bridgehead atoms. The number of carbonyl (C=O) groups excluding carboxylic acids is 1. The summed E-state index contributed by atoms with van der Waals surface area (Å²) >= 11 is 0. The topological polar surface area (TPSA) is 62.2 Å². The Morgan fingerprint density at radius 1 is 1.06 bits per heavy atom. The third kappa shape index (κ3) is 4.15. The number of rotatable bonds is 4. The van der Waals surface area contributed by atoms with E-state index in [2.05, 4.69) is 41.1 Å². The third-order valence-electron chi connectivity index (χ3n) is 6.68. The second kappa shape index (κ2) is 8.79. The zero-order chi connectivity index (χ0) is 22.1. The maximum atomic E-state index is 12.2. The Kier molecular flexibility index (Phi) is 5.70. The molecule has 0 aliphatic carbocycles. The average Bonchev–Trinajstić information content (AvgIpc) is 2.83. The Hall–Kier alpha value is -3.12. The van der Waals surface area contributed by atoms with Gasteiger partial charge in [0.2, 0.25) is 5.91 Å². The van der Waals surface area contributed by atoms with Gasteiger partial charge in [-0.25, -0.2) is 9.97 Å². The van der Waals surface area contributed by atoms with Crippen molar-refractivity contribution < 1.29 is 4.79 Å². The van der Waals surface area contributed by atoms with Crippen LogP contribution in [0.1, 0.15) is 47.8 Å². The first-order chi connectivity index (χ1) is 15.6. The molecule has 0 saturated carbocycles. The van der Waals surface area contributed by atoms with Gasteiger partial charge < -0.3 is 0 Å². The summed E-state index contributed by atoms with van der Waals surface area (Å²) in [5.74, 6) is 2.14. The smallest absolute Gasteiger partial charge is 0.228 e. The molecule has 2 aliphatic heterocycles. The van der Waals surface area contributed by atoms with Crippen molar-refractivity contribution >= 4 is 11.7 Å². The van der Waals surface area contributed by atoms with E-state index < -0.39 is 0 Å². The van der Waals surface area contributed by atoms with Crippen molar-refractivity contribution in [2.45, 2.75) is 45.1 Å². The summed E-state index contributed by atoms with van der Waals surface area (Å²) in [6.07, 6.45) is 5.34. The van der Waals surface area contributed by atoms with Gasteiger partial charge in [-0.2, -0.15) is 0 Å². The van der Waals surface area contributed by atoms with Gasteiger partial charge in [0.25, 0.3) is 0 Å². The second-order valence-corrected chi connectivity index (χ2v) is 8.91. The highest BCUT2D eigenvalue weighted by atomic mass is 16.2. The summed E-state index contributed by atoms with van der Waals surface area (Å²) in [6.45, 7) is 5.00. The molecule has 4 heterocycles. The monoisotopic (exact) mass is 427 g/mol. The van der Waals surface area contributed by atoms with E-state index in [0.29, 0.717) is 12.3 Å². The number of pyridine rings is 1. The number of carbonyl (C=O) groups is 1. The molecule has 2 aliphatic rings. The van der Waals surface area contributed by atoms with E-state index in [9.17, 15) is 4.79 Å². The molecule has 1 amide bonds. The minimum atomic E-state index is 0.140. The van der Waals surface area contributed by atoms with E-state index >= 15 is 0 Å². The molecule has 0 radical (unpaired) electrons. The molecule has 3 aromatic rings. The van der Waals surface area contributed by atoms with Crippen LogP contribution in [0.3, 0.4) is 0 Å². The van der Waals surface area contributed by atoms with Crippen LogP contribution in [0.2, 0.25) is 0 Å². The minimum Gasteiger partial charge on any atom is -0.300 e. The van der Waals surface area contributed by atoms with Crippen molar-refractivity contribution in [2.75, 3.05) is 25.0 Å². The number of benzene rings is 1. The predicted octanol–water partition coefficient (Wildman–Crippen LogP) is 4.14. The molecule has 1 fully saturated rings. The van der Waals surface area contributed by atoms with Gasteiger partial charge >= 0.3 is 0 Å². The summed E-state index contributed by atoms with van der Waals surface area (Å²) in [6, 6.07) is 14.7. The summed E-state index contributed by atoms with van der Waals surface area (Å²) in [7, 11) is 1.83. The van der Waals surface area contributed by atoms with Crippen molar-refractivity contribution in [3.05, 3.63) is 71.3 Å². The number of aromatic nitrogens is 3. The van der Waals surface area contributed by atoms with Crippen LogP contribution in [-0.4, -0.2) is 45.9 Å². The number of hydrogen-bond donors (Lipinski definition) is 0. The number of nitrogens with zero attached hydrogens (tertiary/aromatic N) is 5. The van der Waals surface area contributed by atoms with E-state index in [1.165, 1.54) is 5.56 Å². The van der Waals surface area contributed by atoms with Crippen LogP contribution < -0.4 is 4.90 Å². The summed E-state index contributed by atoms with van der Waals surface area (Å²) in [5.41, 5.74) is 5.59. The van der Waals surface area contributed by atoms with Gasteiger partial charge in [-0.15, -0.1) is 0 Å². The van der Waals surface area contributed by atoms with Crippen LogP contribution in [0.25, 0.3) is 11.3 Å². The van der Waals surface area contributed by atoms with Gasteiger partial charge in [0, 0.05) is 55.5 Å². The molecule has 0 N–H and O–H groups in total. The Balaban J connectivity index is 1.30. The normalized spacial score (nSPS) is 19.1. The maximum absolute atomic E-state index is 12.2. The van der Waals surface area contributed by atoms with Gasteiger partial charge in [-0.05, 0) is 50.4 Å². The first-order valence-corrected chi connectivity index (χ1v) is 11.4. The summed E-state index contributed by atoms with van der Waals surface area (Å²) in [4.78, 5) is 30.6. The van der Waals surface area contributed by atoms with E-state index in [-0.39, 0.29) is 5.91 Å². The molecule has 2 aromatic heterocycles. The standard InChI is InChI=1S/C26H29N5O/c1-18-22-12-13-24(32)30(2)26(22)29-25(28-18)21-6-5-15-31(17-21)16-19-8-10-20(11-9-19)23-7-3-4-14-27-23/h3-4,7-11,14,21H,5-6,12-13,15-17H2,1-2H3/t21-/m0/s1. The molecule has 5 rings (SSSR count). The fraction of sp³-hybridized carbons (Fsp3) is 0.385. The van der Waals surface area contributed by atoms with Crippen LogP contribution in [0.5, 0.6) is 0 Å². The van der Waals surface area contributed by atoms with Gasteiger partial charge in [-0.3, -0.25) is 19.6 Å². The number of hydrogen-bond acceptors (Lipinski definition) is 5. The molecule has 6 heteroatoms. The van der Waals surface area contributed by atoms with Crippen molar-refractivity contribution in [3.63, 3.8) is 0 Å². The fourth-order valence-electron chi connectivity index (χ4n) is 4.86. The molecule has 1 atom stereocenters. The van der Waals surface area contributed by atoms with Gasteiger partial charge in [0.1, 0.15) is 11.6 Å². The van der Waals surface area contributed by atoms with Crippen molar-refractivity contribution in [1.29, 1.82) is 0 Å². The average molecular weight is 428 g/mol. The van der Waals surface area contributed by atoms with Crippen LogP contribution in [0.15, 0.2) is 48.7 Å². The molecule has 0 spiro atoms. The van der Waals surface area contributed by atoms with E-state index in [0.717, 1.165) is 73.1 Å². The molecule has 32 heavy (non-hydrogen) atoms. The lowest BCUT2D eigenvalue weighted by molar-refractivity contribution is -0.118. The van der Waals surface area contributed by atoms with Gasteiger partial charge in [-0.1, -0.05) is 30.3 Å². The quantitative estimate of drug-likeness (QED) is 0.626. The number of piperidine rings is 1. The number of amides is 1. The molecular formula is C26H29N5O. The van der Waals surface area contributed by atoms with Crippen molar-refractivity contribution in [1.82, 2.24) is 19.9 Å². The maximum Gasteiger partial charge on any atom is 0.228 e. The first kappa shape index (κ1) is 20.8. The SMILES string of the molecule is Cc1nc([C@H]2CCCN(Cc3ccc(-c4ccccn4)cc3)C2)nc2c1CCC(=O)N2C. The minimum absolute atomic E-state index is 0.140. The molecule has 164 valence electrons. The molecule has 1 saturated heterocycles. The number of fused-ring (bicyclic) bond motifs is 1. The molecule has 1 aromatic carbocycles. The van der Waals surface area contributed by atoms with E-state index in [1.807, 2.05) is 31.4 Å². The summed E-state index contributed by atoms with van der Waals surface area (Å²) < 4.78 is 0. The van der Waals surface area contributed by atoms with Gasteiger partial charge in [0.15, 0.2) is 0 Å². The predicted molar refractivity (Wildman–Crippen MR) is 125 cm³/mol. The van der Waals surface area contributed by atoms with Crippen LogP contribution in [0.4, 0.5) is 5.82 Å². The Morgan fingerprint density at radius 2 is 1.91 bits per heavy atom. The zero-order valence-electron chi connectivity index (χ0n) is 18.8. The molecule has 6 nitrogen and oxygen atoms in total. The number of aryl methyl sites for hydroxylation is 1. The Bertz CT molecular complexity index is 1110. The van der Waals surface area contributed by atoms with Crippen molar-refractivity contribution in [2.24, 2.45) is 0 Å². The zero-order valence-corrected chi connectivity index (χ0v) is 18.8.